The van der Waals surface area contributed by atoms with Crippen LogP contribution in [0.15, 0.2) is 18.2 Å². The lowest BCUT2D eigenvalue weighted by molar-refractivity contribution is 1.18. The molecule has 1 N–H and O–H groups in total. The van der Waals surface area contributed by atoms with Crippen LogP contribution in [0.1, 0.15) is 11.1 Å². The molecule has 1 aliphatic rings. The van der Waals surface area contributed by atoms with Crippen LogP contribution in [0, 0.1) is 0 Å². The lowest BCUT2D eigenvalue weighted by Crippen LogP contribution is -1.89. The van der Waals surface area contributed by atoms with Gasteiger partial charge >= 0.3 is 0 Å². The molecular formula is C10H11I2N. The number of rotatable bonds is 3. The van der Waals surface area contributed by atoms with Gasteiger partial charge in [-0.05, 0) is 53.6 Å². The largest absolute Gasteiger partial charge is 0.333 e. The highest BCUT2D eigenvalue weighted by Gasteiger charge is 2.04. The van der Waals surface area contributed by atoms with Crippen LogP contribution < -0.4 is 3.53 Å². The highest BCUT2D eigenvalue weighted by molar-refractivity contribution is 14.2. The summed E-state index contributed by atoms with van der Waals surface area (Å²) in [6.45, 7) is 0. The third-order valence-corrected chi connectivity index (χ3v) is 5.14. The van der Waals surface area contributed by atoms with Crippen molar-refractivity contribution in [1.29, 1.82) is 0 Å². The Morgan fingerprint density at radius 3 is 3.23 bits per heavy atom. The normalized spacial score (nSPS) is 13.2. The van der Waals surface area contributed by atoms with Gasteiger partial charge in [0.25, 0.3) is 0 Å². The van der Waals surface area contributed by atoms with E-state index in [2.05, 4.69) is 30.3 Å². The van der Waals surface area contributed by atoms with E-state index in [1.54, 1.807) is 0 Å². The van der Waals surface area contributed by atoms with Gasteiger partial charge in [0.1, 0.15) is 0 Å². The highest BCUT2D eigenvalue weighted by atomic mass is 127. The average Bonchev–Trinajstić information content (AvgIpc) is 2.61. The van der Waals surface area contributed by atoms with E-state index in [0.717, 1.165) is 0 Å². The summed E-state index contributed by atoms with van der Waals surface area (Å²) >= 11 is 0.312. The van der Waals surface area contributed by atoms with Crippen molar-refractivity contribution in [3.05, 3.63) is 29.3 Å². The second kappa shape index (κ2) is 4.63. The standard InChI is InChI=1S/C10H11I2N/c1-11-5-4-8-2-3-10-9(6-8)7-12-13-10/h2-3,6-7,13H,1,4-5H2. The van der Waals surface area contributed by atoms with Crippen LogP contribution in [0.2, 0.25) is 0 Å². The molecule has 1 nitrogen and oxygen atoms in total. The molecule has 0 aliphatic carbocycles. The Bertz CT molecular complexity index is 358. The summed E-state index contributed by atoms with van der Waals surface area (Å²) < 4.78 is 11.1. The van der Waals surface area contributed by atoms with Crippen molar-refractivity contribution in [2.75, 3.05) is 7.96 Å². The molecule has 3 heteroatoms. The molecule has 1 aromatic rings. The number of nitrogens with one attached hydrogen (secondary N) is 1. The topological polar surface area (TPSA) is 12.0 Å². The van der Waals surface area contributed by atoms with Gasteiger partial charge in [-0.15, -0.1) is 20.7 Å². The maximum atomic E-state index is 3.97. The van der Waals surface area contributed by atoms with E-state index in [1.165, 1.54) is 27.7 Å². The quantitative estimate of drug-likeness (QED) is 0.468. The molecule has 0 saturated heterocycles. The van der Waals surface area contributed by atoms with Crippen molar-refractivity contribution in [3.8, 4) is 0 Å². The Hall–Kier alpha value is 0.220. The fourth-order valence-electron chi connectivity index (χ4n) is 1.26. The van der Waals surface area contributed by atoms with E-state index >= 15 is 0 Å². The fraction of sp³-hybridized carbons (Fsp3) is 0.200. The van der Waals surface area contributed by atoms with Gasteiger partial charge in [0.15, 0.2) is 0 Å². The average molecular weight is 399 g/mol. The third kappa shape index (κ3) is 2.37. The monoisotopic (exact) mass is 399 g/mol. The number of anilines is 1. The van der Waals surface area contributed by atoms with Crippen molar-refractivity contribution in [2.24, 2.45) is 0 Å². The van der Waals surface area contributed by atoms with Crippen LogP contribution in [0.4, 0.5) is 5.69 Å². The molecule has 0 spiro atoms. The van der Waals surface area contributed by atoms with E-state index in [9.17, 15) is 0 Å². The van der Waals surface area contributed by atoms with E-state index in [0.29, 0.717) is 0 Å². The number of alkyl halides is 1. The number of fused-ring (bicyclic) bond motifs is 1. The van der Waals surface area contributed by atoms with Crippen molar-refractivity contribution >= 4 is 55.9 Å². The lowest BCUT2D eigenvalue weighted by atomic mass is 10.1. The van der Waals surface area contributed by atoms with Gasteiger partial charge in [0.05, 0.1) is 5.69 Å². The van der Waals surface area contributed by atoms with Crippen molar-refractivity contribution in [1.82, 2.24) is 0 Å². The molecule has 0 radical (unpaired) electrons. The molecule has 0 aromatic heterocycles. The summed E-state index contributed by atoms with van der Waals surface area (Å²) in [5.74, 6) is 0. The number of halogens is 2. The highest BCUT2D eigenvalue weighted by Crippen LogP contribution is 2.25. The smallest absolute Gasteiger partial charge is 0.0502 e. The van der Waals surface area contributed by atoms with Gasteiger partial charge in [0.2, 0.25) is 0 Å². The van der Waals surface area contributed by atoms with E-state index < -0.39 is 0 Å². The van der Waals surface area contributed by atoms with Gasteiger partial charge in [-0.1, -0.05) is 10.6 Å². The summed E-state index contributed by atoms with van der Waals surface area (Å²) in [5.41, 5.74) is 4.24. The van der Waals surface area contributed by atoms with Gasteiger partial charge in [0, 0.05) is 5.56 Å². The Kier molecular flexibility index (Phi) is 3.48. The predicted molar refractivity (Wildman–Crippen MR) is 79.0 cm³/mol. The zero-order chi connectivity index (χ0) is 9.10. The molecule has 13 heavy (non-hydrogen) atoms. The lowest BCUT2D eigenvalue weighted by Gasteiger charge is -2.02. The zero-order valence-electron chi connectivity index (χ0n) is 7.19. The SMILES string of the molecule is C=ICCc1ccc2c(c1)C=IN2. The molecule has 0 unspecified atom stereocenters. The molecule has 2 rings (SSSR count). The Morgan fingerprint density at radius 1 is 1.46 bits per heavy atom. The summed E-state index contributed by atoms with van der Waals surface area (Å²) in [7, 11) is 0. The fourth-order valence-corrected chi connectivity index (χ4v) is 4.10. The summed E-state index contributed by atoms with van der Waals surface area (Å²) in [4.78, 5) is 0. The molecule has 0 amide bonds. The summed E-state index contributed by atoms with van der Waals surface area (Å²) in [6, 6.07) is 6.79. The van der Waals surface area contributed by atoms with E-state index in [-0.39, 0.29) is 41.7 Å². The van der Waals surface area contributed by atoms with E-state index in [4.69, 9.17) is 0 Å². The number of hydrogen-bond acceptors (Lipinski definition) is 1. The molecule has 1 aromatic carbocycles. The van der Waals surface area contributed by atoms with Crippen LogP contribution in [0.3, 0.4) is 0 Å². The first-order valence-electron chi connectivity index (χ1n) is 4.07. The predicted octanol–water partition coefficient (Wildman–Crippen LogP) is 3.09. The minimum atomic E-state index is 0.106. The van der Waals surface area contributed by atoms with Crippen molar-refractivity contribution in [3.63, 3.8) is 0 Å². The maximum absolute atomic E-state index is 3.97. The van der Waals surface area contributed by atoms with Gasteiger partial charge < -0.3 is 3.53 Å². The molecular weight excluding hydrogens is 388 g/mol. The molecule has 70 valence electrons. The zero-order valence-corrected chi connectivity index (χ0v) is 11.5. The third-order valence-electron chi connectivity index (χ3n) is 1.96. The van der Waals surface area contributed by atoms with E-state index in [1.807, 2.05) is 0 Å². The molecule has 0 atom stereocenters. The molecule has 0 fully saturated rings. The van der Waals surface area contributed by atoms with Gasteiger partial charge in [-0.2, -0.15) is 0 Å². The number of hydrogen-bond donors (Lipinski definition) is 1. The first kappa shape index (κ1) is 9.76. The Labute approximate surface area is 98.8 Å². The first-order chi connectivity index (χ1) is 6.40. The van der Waals surface area contributed by atoms with Crippen LogP contribution in [0.5, 0.6) is 0 Å². The van der Waals surface area contributed by atoms with Crippen LogP contribution in [-0.4, -0.2) is 13.0 Å². The molecule has 1 heterocycles. The van der Waals surface area contributed by atoms with Gasteiger partial charge in [-0.3, -0.25) is 0 Å². The maximum Gasteiger partial charge on any atom is 0.0502 e. The van der Waals surface area contributed by atoms with Crippen molar-refractivity contribution < 1.29 is 0 Å². The molecule has 1 aliphatic heterocycles. The minimum absolute atomic E-state index is 0.106. The summed E-state index contributed by atoms with van der Waals surface area (Å²) in [6.07, 6.45) is 1.22. The number of aryl methyl sites for hydroxylation is 1. The first-order valence-corrected chi connectivity index (χ1v) is 9.45. The second-order valence-corrected chi connectivity index (χ2v) is 6.80. The molecule has 0 bridgehead atoms. The van der Waals surface area contributed by atoms with Gasteiger partial charge in [-0.25, -0.2) is 0 Å². The Morgan fingerprint density at radius 2 is 2.38 bits per heavy atom. The second-order valence-electron chi connectivity index (χ2n) is 2.86. The van der Waals surface area contributed by atoms with Crippen molar-refractivity contribution in [2.45, 2.75) is 6.42 Å². The van der Waals surface area contributed by atoms with Crippen LogP contribution in [-0.2, 0) is 6.42 Å². The minimum Gasteiger partial charge on any atom is -0.333 e. The molecule has 0 saturated carbocycles. The van der Waals surface area contributed by atoms with Crippen LogP contribution >= 0.6 is 41.7 Å². The summed E-state index contributed by atoms with van der Waals surface area (Å²) in [5, 5.41) is 0. The number of benzene rings is 1. The van der Waals surface area contributed by atoms with Crippen LogP contribution in [0.25, 0.3) is 0 Å². The Balaban J connectivity index is 2.20.